The Labute approximate surface area is 287 Å². The summed E-state index contributed by atoms with van der Waals surface area (Å²) in [5.41, 5.74) is 1.85. The predicted molar refractivity (Wildman–Crippen MR) is 194 cm³/mol. The number of nitrogens with one attached hydrogen (secondary N) is 2. The van der Waals surface area contributed by atoms with E-state index in [1.54, 1.807) is 12.3 Å². The lowest BCUT2D eigenvalue weighted by Gasteiger charge is -2.20. The van der Waals surface area contributed by atoms with Crippen LogP contribution in [0.2, 0.25) is 0 Å². The largest absolute Gasteiger partial charge is 0.456 e. The maximum Gasteiger partial charge on any atom is 0.329 e. The molecule has 1 atom stereocenters. The first-order valence-electron chi connectivity index (χ1n) is 17.2. The van der Waals surface area contributed by atoms with E-state index >= 15 is 0 Å². The van der Waals surface area contributed by atoms with Gasteiger partial charge < -0.3 is 25.6 Å². The van der Waals surface area contributed by atoms with Crippen molar-refractivity contribution in [3.8, 4) is 0 Å². The Bertz CT molecular complexity index is 1200. The monoisotopic (exact) mass is 663 g/mol. The average molecular weight is 664 g/mol. The number of carbonyl (C=O) groups excluding carboxylic acids is 3. The molecule has 1 aromatic heterocycles. The van der Waals surface area contributed by atoms with E-state index in [4.69, 9.17) is 4.74 Å². The van der Waals surface area contributed by atoms with Crippen LogP contribution in [-0.4, -0.2) is 64.9 Å². The van der Waals surface area contributed by atoms with Crippen molar-refractivity contribution in [1.82, 2.24) is 15.6 Å². The van der Waals surface area contributed by atoms with E-state index in [0.717, 1.165) is 49.8 Å². The summed E-state index contributed by atoms with van der Waals surface area (Å²) in [6.07, 6.45) is 33.8. The molecule has 0 saturated carbocycles. The molecule has 1 aromatic rings. The van der Waals surface area contributed by atoms with Gasteiger partial charge in [0, 0.05) is 31.3 Å². The van der Waals surface area contributed by atoms with Gasteiger partial charge in [-0.1, -0.05) is 85.9 Å². The second kappa shape index (κ2) is 29.1. The van der Waals surface area contributed by atoms with Crippen molar-refractivity contribution in [3.05, 3.63) is 96.4 Å². The van der Waals surface area contributed by atoms with Crippen molar-refractivity contribution in [2.24, 2.45) is 0 Å². The summed E-state index contributed by atoms with van der Waals surface area (Å²) in [7, 11) is 0. The van der Waals surface area contributed by atoms with E-state index in [2.05, 4.69) is 77.2 Å². The van der Waals surface area contributed by atoms with E-state index in [-0.39, 0.29) is 24.7 Å². The fourth-order valence-corrected chi connectivity index (χ4v) is 4.30. The SMILES string of the molecule is CCC=CCC=CCC=CCC=CCC=CCCCC(=O)N[C@@H](CCCCNC(=O)CC=Cc1ccc(C)nc1)C(=O)OC(CO)CO. The van der Waals surface area contributed by atoms with Gasteiger partial charge in [-0.25, -0.2) is 4.79 Å². The number of aromatic nitrogens is 1. The molecule has 9 heteroatoms. The topological polar surface area (TPSA) is 138 Å². The van der Waals surface area contributed by atoms with Crippen molar-refractivity contribution >= 4 is 23.9 Å². The molecular formula is C39H57N3O6. The molecular weight excluding hydrogens is 606 g/mol. The Morgan fingerprint density at radius 2 is 1.44 bits per heavy atom. The number of rotatable bonds is 26. The molecule has 0 unspecified atom stereocenters. The molecule has 9 nitrogen and oxygen atoms in total. The first-order chi connectivity index (χ1) is 23.4. The number of esters is 1. The molecule has 2 amide bonds. The number of amides is 2. The third-order valence-corrected chi connectivity index (χ3v) is 7.03. The number of aliphatic hydroxyl groups excluding tert-OH is 2. The highest BCUT2D eigenvalue weighted by Gasteiger charge is 2.24. The van der Waals surface area contributed by atoms with Gasteiger partial charge in [-0.05, 0) is 82.8 Å². The Kier molecular flexibility index (Phi) is 25.4. The van der Waals surface area contributed by atoms with Crippen molar-refractivity contribution < 1.29 is 29.3 Å². The van der Waals surface area contributed by atoms with Gasteiger partial charge in [0.05, 0.1) is 13.2 Å². The maximum atomic E-state index is 12.7. The lowest BCUT2D eigenvalue weighted by atomic mass is 10.1. The fraction of sp³-hybridized carbons (Fsp3) is 0.487. The highest BCUT2D eigenvalue weighted by Crippen LogP contribution is 2.08. The zero-order valence-corrected chi connectivity index (χ0v) is 28.9. The first-order valence-corrected chi connectivity index (χ1v) is 17.2. The second-order valence-corrected chi connectivity index (χ2v) is 11.3. The third-order valence-electron chi connectivity index (χ3n) is 7.03. The number of carbonyl (C=O) groups is 3. The molecule has 1 rings (SSSR count). The van der Waals surface area contributed by atoms with Gasteiger partial charge >= 0.3 is 5.97 Å². The summed E-state index contributed by atoms with van der Waals surface area (Å²) >= 11 is 0. The van der Waals surface area contributed by atoms with Gasteiger partial charge in [0.1, 0.15) is 12.1 Å². The Morgan fingerprint density at radius 1 is 0.812 bits per heavy atom. The predicted octanol–water partition coefficient (Wildman–Crippen LogP) is 6.38. The summed E-state index contributed by atoms with van der Waals surface area (Å²) in [5, 5.41) is 24.2. The lowest BCUT2D eigenvalue weighted by molar-refractivity contribution is -0.157. The molecule has 264 valence electrons. The van der Waals surface area contributed by atoms with Gasteiger partial charge in [-0.15, -0.1) is 0 Å². The number of unbranched alkanes of at least 4 members (excludes halogenated alkanes) is 2. The zero-order chi connectivity index (χ0) is 35.1. The van der Waals surface area contributed by atoms with Crippen molar-refractivity contribution in [2.45, 2.75) is 103 Å². The van der Waals surface area contributed by atoms with Crippen LogP contribution in [0, 0.1) is 6.92 Å². The van der Waals surface area contributed by atoms with Gasteiger partial charge in [0.25, 0.3) is 0 Å². The Morgan fingerprint density at radius 3 is 2.02 bits per heavy atom. The van der Waals surface area contributed by atoms with E-state index in [1.807, 2.05) is 31.2 Å². The minimum absolute atomic E-state index is 0.114. The Hall–Kier alpha value is -4.08. The van der Waals surface area contributed by atoms with Crippen LogP contribution in [0.25, 0.3) is 6.08 Å². The lowest BCUT2D eigenvalue weighted by Crippen LogP contribution is -2.44. The zero-order valence-electron chi connectivity index (χ0n) is 28.9. The molecule has 0 aliphatic carbocycles. The molecule has 0 fully saturated rings. The minimum Gasteiger partial charge on any atom is -0.456 e. The number of aliphatic hydroxyl groups is 2. The number of ether oxygens (including phenoxy) is 1. The van der Waals surface area contributed by atoms with E-state index in [1.165, 1.54) is 0 Å². The highest BCUT2D eigenvalue weighted by atomic mass is 16.6. The van der Waals surface area contributed by atoms with Crippen molar-refractivity contribution in [3.63, 3.8) is 0 Å². The quantitative estimate of drug-likeness (QED) is 0.0513. The number of hydrogen-bond acceptors (Lipinski definition) is 7. The minimum atomic E-state index is -1.05. The van der Waals surface area contributed by atoms with Gasteiger partial charge in [0.15, 0.2) is 0 Å². The van der Waals surface area contributed by atoms with E-state index in [9.17, 15) is 24.6 Å². The van der Waals surface area contributed by atoms with Crippen LogP contribution in [0.1, 0.15) is 95.2 Å². The second-order valence-electron chi connectivity index (χ2n) is 11.3. The summed E-state index contributed by atoms with van der Waals surface area (Å²) < 4.78 is 5.17. The van der Waals surface area contributed by atoms with Crippen LogP contribution in [-0.2, 0) is 19.1 Å². The van der Waals surface area contributed by atoms with E-state index in [0.29, 0.717) is 32.2 Å². The molecule has 0 bridgehead atoms. The number of pyridine rings is 1. The first kappa shape index (κ1) is 41.9. The number of nitrogens with zero attached hydrogens (tertiary/aromatic N) is 1. The third kappa shape index (κ3) is 23.3. The van der Waals surface area contributed by atoms with Crippen molar-refractivity contribution in [2.75, 3.05) is 19.8 Å². The van der Waals surface area contributed by atoms with Gasteiger partial charge in [-0.3, -0.25) is 14.6 Å². The van der Waals surface area contributed by atoms with Gasteiger partial charge in [0.2, 0.25) is 11.8 Å². The highest BCUT2D eigenvalue weighted by molar-refractivity contribution is 5.84. The standard InChI is InChI=1S/C39H57N3O6/c1-3-4-5-6-7-8-9-10-11-12-13-14-15-16-17-18-19-25-38(46)42-36(39(47)48-35(31-43)32-44)24-20-21-29-40-37(45)26-22-23-34-28-27-33(2)41-30-34/h4-5,7-8,10-11,13-14,16-17,22-23,27-28,30,35-36,43-44H,3,6,9,12,15,18-21,24-26,29,31-32H2,1-2H3,(H,40,45)(H,42,46)/t36-/m0/s1. The Balaban J connectivity index is 2.34. The number of aryl methyl sites for hydroxylation is 1. The van der Waals surface area contributed by atoms with Crippen LogP contribution >= 0.6 is 0 Å². The molecule has 0 aliphatic rings. The van der Waals surface area contributed by atoms with Crippen LogP contribution < -0.4 is 10.6 Å². The maximum absolute atomic E-state index is 12.7. The normalized spacial score (nSPS) is 12.9. The summed E-state index contributed by atoms with van der Waals surface area (Å²) in [4.78, 5) is 41.7. The van der Waals surface area contributed by atoms with Crippen LogP contribution in [0.4, 0.5) is 0 Å². The van der Waals surface area contributed by atoms with Crippen LogP contribution in [0.5, 0.6) is 0 Å². The summed E-state index contributed by atoms with van der Waals surface area (Å²) in [5.74, 6) is -1.08. The summed E-state index contributed by atoms with van der Waals surface area (Å²) in [6, 6.07) is 2.94. The molecule has 48 heavy (non-hydrogen) atoms. The molecule has 0 aliphatic heterocycles. The molecule has 0 aromatic carbocycles. The fourth-order valence-electron chi connectivity index (χ4n) is 4.30. The average Bonchev–Trinajstić information content (AvgIpc) is 3.08. The van der Waals surface area contributed by atoms with E-state index < -0.39 is 31.3 Å². The van der Waals surface area contributed by atoms with Crippen LogP contribution in [0.15, 0.2) is 85.2 Å². The molecule has 4 N–H and O–H groups in total. The molecule has 0 saturated heterocycles. The number of hydrogen-bond donors (Lipinski definition) is 4. The molecule has 0 radical (unpaired) electrons. The number of allylic oxidation sites excluding steroid dienone is 10. The van der Waals surface area contributed by atoms with Crippen LogP contribution in [0.3, 0.4) is 0 Å². The van der Waals surface area contributed by atoms with Gasteiger partial charge in [-0.2, -0.15) is 0 Å². The smallest absolute Gasteiger partial charge is 0.329 e. The van der Waals surface area contributed by atoms with Crippen molar-refractivity contribution in [1.29, 1.82) is 0 Å². The molecule has 1 heterocycles. The molecule has 0 spiro atoms. The summed E-state index contributed by atoms with van der Waals surface area (Å²) in [6.45, 7) is 3.44.